The molecule has 0 unspecified atom stereocenters. The molecule has 2 fully saturated rings. The van der Waals surface area contributed by atoms with E-state index in [1.165, 1.54) is 30.4 Å². The summed E-state index contributed by atoms with van der Waals surface area (Å²) in [6.45, 7) is 11.1. The van der Waals surface area contributed by atoms with Crippen molar-refractivity contribution in [3.05, 3.63) is 28.8 Å². The van der Waals surface area contributed by atoms with E-state index in [2.05, 4.69) is 40.7 Å². The van der Waals surface area contributed by atoms with Crippen molar-refractivity contribution < 1.29 is 29.9 Å². The number of aliphatic hydroxyl groups excluding tert-OH is 4. The first-order chi connectivity index (χ1) is 15.0. The van der Waals surface area contributed by atoms with Crippen molar-refractivity contribution >= 4 is 0 Å². The first kappa shape index (κ1) is 24.0. The molecule has 1 aromatic rings. The van der Waals surface area contributed by atoms with E-state index >= 15 is 0 Å². The molecule has 3 aliphatic rings. The van der Waals surface area contributed by atoms with Gasteiger partial charge in [-0.2, -0.15) is 0 Å². The Kier molecular flexibility index (Phi) is 6.40. The van der Waals surface area contributed by atoms with Crippen LogP contribution in [0.5, 0.6) is 5.75 Å². The Morgan fingerprint density at radius 1 is 1.06 bits per heavy atom. The summed E-state index contributed by atoms with van der Waals surface area (Å²) >= 11 is 0. The maximum atomic E-state index is 10.5. The van der Waals surface area contributed by atoms with E-state index in [0.717, 1.165) is 18.4 Å². The van der Waals surface area contributed by atoms with Gasteiger partial charge in [0.2, 0.25) is 6.29 Å². The Labute approximate surface area is 191 Å². The minimum Gasteiger partial charge on any atom is -0.462 e. The van der Waals surface area contributed by atoms with Gasteiger partial charge in [-0.25, -0.2) is 0 Å². The molecule has 1 saturated carbocycles. The van der Waals surface area contributed by atoms with Gasteiger partial charge in [-0.1, -0.05) is 47.1 Å². The second kappa shape index (κ2) is 8.55. The third-order valence-corrected chi connectivity index (χ3v) is 8.51. The standard InChI is InChI=1S/C26H40O6/c1-14(2)20-15-7-10-19-25(3,4)11-6-12-26(19,5)16(15)8-9-17(20)31-24-23(30)22(29)21(28)18(13-27)32-24/h8-9,14,18-19,21-24,27-30H,6-7,10-13H2,1-5H3/t18-,19+,21+,22+,23-,24+,26-/m1/s1. The highest BCUT2D eigenvalue weighted by atomic mass is 16.7. The Balaban J connectivity index is 1.71. The molecule has 4 rings (SSSR count). The second-order valence-electron chi connectivity index (χ2n) is 11.3. The van der Waals surface area contributed by atoms with Gasteiger partial charge in [0.15, 0.2) is 0 Å². The maximum Gasteiger partial charge on any atom is 0.229 e. The number of benzene rings is 1. The number of hydrogen-bond donors (Lipinski definition) is 4. The molecule has 0 bridgehead atoms. The summed E-state index contributed by atoms with van der Waals surface area (Å²) in [4.78, 5) is 0. The van der Waals surface area contributed by atoms with Gasteiger partial charge in [-0.05, 0) is 65.5 Å². The second-order valence-corrected chi connectivity index (χ2v) is 11.3. The molecule has 7 atom stereocenters. The van der Waals surface area contributed by atoms with Crippen LogP contribution in [0, 0.1) is 11.3 Å². The zero-order chi connectivity index (χ0) is 23.4. The summed E-state index contributed by atoms with van der Waals surface area (Å²) in [7, 11) is 0. The van der Waals surface area contributed by atoms with E-state index in [1.807, 2.05) is 6.07 Å². The van der Waals surface area contributed by atoms with Crippen LogP contribution in [0.3, 0.4) is 0 Å². The minimum absolute atomic E-state index is 0.140. The largest absolute Gasteiger partial charge is 0.462 e. The summed E-state index contributed by atoms with van der Waals surface area (Å²) in [6.07, 6.45) is -0.548. The lowest BCUT2D eigenvalue weighted by Gasteiger charge is -2.55. The highest BCUT2D eigenvalue weighted by Crippen LogP contribution is 2.58. The van der Waals surface area contributed by atoms with Crippen LogP contribution in [-0.4, -0.2) is 57.7 Å². The van der Waals surface area contributed by atoms with E-state index in [1.54, 1.807) is 0 Å². The van der Waals surface area contributed by atoms with Gasteiger partial charge in [0.1, 0.15) is 30.2 Å². The number of hydrogen-bond acceptors (Lipinski definition) is 6. The van der Waals surface area contributed by atoms with Gasteiger partial charge in [-0.3, -0.25) is 0 Å². The highest BCUT2D eigenvalue weighted by molar-refractivity contribution is 5.51. The molecule has 180 valence electrons. The summed E-state index contributed by atoms with van der Waals surface area (Å²) in [5.41, 5.74) is 4.36. The van der Waals surface area contributed by atoms with Crippen molar-refractivity contribution in [3.63, 3.8) is 0 Å². The monoisotopic (exact) mass is 448 g/mol. The molecular weight excluding hydrogens is 408 g/mol. The van der Waals surface area contributed by atoms with Gasteiger partial charge in [-0.15, -0.1) is 0 Å². The first-order valence-electron chi connectivity index (χ1n) is 12.1. The van der Waals surface area contributed by atoms with Gasteiger partial charge < -0.3 is 29.9 Å². The van der Waals surface area contributed by atoms with Gasteiger partial charge in [0.25, 0.3) is 0 Å². The normalized spacial score (nSPS) is 38.8. The number of rotatable bonds is 4. The Morgan fingerprint density at radius 2 is 1.78 bits per heavy atom. The lowest BCUT2D eigenvalue weighted by molar-refractivity contribution is -0.277. The summed E-state index contributed by atoms with van der Waals surface area (Å²) in [5.74, 6) is 1.50. The zero-order valence-electron chi connectivity index (χ0n) is 20.0. The van der Waals surface area contributed by atoms with Crippen molar-refractivity contribution in [2.24, 2.45) is 11.3 Å². The molecule has 1 saturated heterocycles. The molecule has 0 amide bonds. The predicted octanol–water partition coefficient (Wildman–Crippen LogP) is 3.02. The Morgan fingerprint density at radius 3 is 2.44 bits per heavy atom. The molecule has 1 aromatic carbocycles. The number of ether oxygens (including phenoxy) is 2. The molecule has 0 aromatic heterocycles. The molecule has 2 aliphatic carbocycles. The van der Waals surface area contributed by atoms with Crippen molar-refractivity contribution in [1.29, 1.82) is 0 Å². The fourth-order valence-corrected chi connectivity index (χ4v) is 6.92. The average Bonchev–Trinajstić information content (AvgIpc) is 2.72. The summed E-state index contributed by atoms with van der Waals surface area (Å²) in [6, 6.07) is 4.17. The average molecular weight is 449 g/mol. The van der Waals surface area contributed by atoms with E-state index < -0.39 is 37.3 Å². The van der Waals surface area contributed by atoms with E-state index in [4.69, 9.17) is 9.47 Å². The lowest BCUT2D eigenvalue weighted by Crippen LogP contribution is -2.60. The molecule has 1 heterocycles. The van der Waals surface area contributed by atoms with E-state index in [9.17, 15) is 20.4 Å². The topological polar surface area (TPSA) is 99.4 Å². The van der Waals surface area contributed by atoms with Crippen molar-refractivity contribution in [2.45, 2.75) is 109 Å². The van der Waals surface area contributed by atoms with Crippen LogP contribution in [0.2, 0.25) is 0 Å². The molecule has 32 heavy (non-hydrogen) atoms. The van der Waals surface area contributed by atoms with Crippen LogP contribution >= 0.6 is 0 Å². The maximum absolute atomic E-state index is 10.5. The zero-order valence-corrected chi connectivity index (χ0v) is 20.0. The highest BCUT2D eigenvalue weighted by Gasteiger charge is 2.50. The third kappa shape index (κ3) is 3.78. The molecular formula is C26H40O6. The van der Waals surface area contributed by atoms with Crippen LogP contribution in [0.25, 0.3) is 0 Å². The van der Waals surface area contributed by atoms with Crippen LogP contribution in [0.1, 0.15) is 82.9 Å². The Bertz CT molecular complexity index is 834. The molecule has 1 aliphatic heterocycles. The van der Waals surface area contributed by atoms with Crippen molar-refractivity contribution in [1.82, 2.24) is 0 Å². The van der Waals surface area contributed by atoms with E-state index in [0.29, 0.717) is 17.1 Å². The quantitative estimate of drug-likeness (QED) is 0.565. The predicted molar refractivity (Wildman–Crippen MR) is 122 cm³/mol. The molecule has 0 spiro atoms. The third-order valence-electron chi connectivity index (χ3n) is 8.51. The number of fused-ring (bicyclic) bond motifs is 3. The lowest BCUT2D eigenvalue weighted by atomic mass is 9.50. The van der Waals surface area contributed by atoms with Crippen molar-refractivity contribution in [2.75, 3.05) is 6.61 Å². The van der Waals surface area contributed by atoms with E-state index in [-0.39, 0.29) is 11.3 Å². The Hall–Kier alpha value is -1.18. The van der Waals surface area contributed by atoms with Crippen LogP contribution < -0.4 is 4.74 Å². The summed E-state index contributed by atoms with van der Waals surface area (Å²) < 4.78 is 11.7. The van der Waals surface area contributed by atoms with Crippen LogP contribution in [0.15, 0.2) is 12.1 Å². The number of aliphatic hydroxyl groups is 4. The first-order valence-corrected chi connectivity index (χ1v) is 12.1. The molecule has 6 nitrogen and oxygen atoms in total. The van der Waals surface area contributed by atoms with Gasteiger partial charge in [0.05, 0.1) is 6.61 Å². The fraction of sp³-hybridized carbons (Fsp3) is 0.769. The van der Waals surface area contributed by atoms with Gasteiger partial charge >= 0.3 is 0 Å². The SMILES string of the molecule is CC(C)c1c(O[C@H]2O[C@H](CO)[C@H](O)[C@H](O)[C@H]2O)ccc2c1CC[C@H]1C(C)(C)CCC[C@]21C. The smallest absolute Gasteiger partial charge is 0.229 e. The minimum atomic E-state index is -1.45. The van der Waals surface area contributed by atoms with Crippen LogP contribution in [-0.2, 0) is 16.6 Å². The van der Waals surface area contributed by atoms with Gasteiger partial charge in [0, 0.05) is 5.56 Å². The van der Waals surface area contributed by atoms with Crippen molar-refractivity contribution in [3.8, 4) is 5.75 Å². The summed E-state index contributed by atoms with van der Waals surface area (Å²) in [5, 5.41) is 40.2. The molecule has 6 heteroatoms. The fourth-order valence-electron chi connectivity index (χ4n) is 6.92. The molecule has 4 N–H and O–H groups in total. The molecule has 0 radical (unpaired) electrons. The van der Waals surface area contributed by atoms with Crippen LogP contribution in [0.4, 0.5) is 0 Å².